The largest absolute Gasteiger partial charge is 0.496 e. The van der Waals surface area contributed by atoms with Crippen molar-refractivity contribution in [3.05, 3.63) is 28.8 Å². The molecule has 9 heteroatoms. The number of rotatable bonds is 5. The van der Waals surface area contributed by atoms with Crippen molar-refractivity contribution < 1.29 is 23.9 Å². The van der Waals surface area contributed by atoms with Gasteiger partial charge in [-0.15, -0.1) is 0 Å². The van der Waals surface area contributed by atoms with Gasteiger partial charge < -0.3 is 14.4 Å². The number of benzene rings is 1. The molecule has 1 aromatic carbocycles. The third kappa shape index (κ3) is 5.61. The van der Waals surface area contributed by atoms with Crippen LogP contribution in [0.1, 0.15) is 23.2 Å². The van der Waals surface area contributed by atoms with Crippen molar-refractivity contribution in [3.63, 3.8) is 0 Å². The first-order valence-corrected chi connectivity index (χ1v) is 8.17. The number of nitrogens with one attached hydrogen (secondary N) is 2. The van der Waals surface area contributed by atoms with Crippen LogP contribution in [0.3, 0.4) is 0 Å². The first-order chi connectivity index (χ1) is 12.0. The second-order valence-corrected chi connectivity index (χ2v) is 5.78. The summed E-state index contributed by atoms with van der Waals surface area (Å²) in [6.07, 6.45) is 0.0470. The van der Waals surface area contributed by atoms with E-state index in [0.717, 1.165) is 0 Å². The molecule has 0 aromatic heterocycles. The first-order valence-electron chi connectivity index (χ1n) is 7.79. The van der Waals surface area contributed by atoms with Crippen molar-refractivity contribution in [2.75, 3.05) is 33.4 Å². The molecular formula is C16H20ClN3O5. The Balaban J connectivity index is 1.78. The Hall–Kier alpha value is -2.32. The number of carbonyl (C=O) groups is 3. The van der Waals surface area contributed by atoms with Crippen molar-refractivity contribution in [1.82, 2.24) is 15.8 Å². The molecule has 0 unspecified atom stereocenters. The Bertz CT molecular complexity index is 647. The first kappa shape index (κ1) is 19.0. The molecule has 0 radical (unpaired) electrons. The van der Waals surface area contributed by atoms with Crippen LogP contribution in [0.25, 0.3) is 0 Å². The molecule has 2 N–H and O–H groups in total. The van der Waals surface area contributed by atoms with E-state index in [1.807, 2.05) is 0 Å². The summed E-state index contributed by atoms with van der Waals surface area (Å²) >= 11 is 5.87. The van der Waals surface area contributed by atoms with Gasteiger partial charge in [0, 0.05) is 31.0 Å². The number of hydrogen-bond donors (Lipinski definition) is 2. The summed E-state index contributed by atoms with van der Waals surface area (Å²) in [4.78, 5) is 37.5. The average molecular weight is 370 g/mol. The molecule has 0 saturated carbocycles. The average Bonchev–Trinajstić information content (AvgIpc) is 2.64. The molecule has 1 aliphatic heterocycles. The van der Waals surface area contributed by atoms with Crippen LogP contribution in [0.15, 0.2) is 18.2 Å². The van der Waals surface area contributed by atoms with Crippen LogP contribution in [-0.2, 0) is 14.3 Å². The summed E-state index contributed by atoms with van der Waals surface area (Å²) in [5, 5.41) is 0.369. The van der Waals surface area contributed by atoms with Crippen LogP contribution < -0.4 is 15.6 Å². The zero-order valence-corrected chi connectivity index (χ0v) is 14.6. The molecule has 3 amide bonds. The number of methoxy groups -OCH3 is 1. The highest BCUT2D eigenvalue weighted by molar-refractivity contribution is 6.31. The van der Waals surface area contributed by atoms with Crippen LogP contribution in [0.4, 0.5) is 0 Å². The highest BCUT2D eigenvalue weighted by Crippen LogP contribution is 2.22. The monoisotopic (exact) mass is 369 g/mol. The Labute approximate surface area is 150 Å². The maximum Gasteiger partial charge on any atom is 0.273 e. The van der Waals surface area contributed by atoms with Crippen LogP contribution in [0, 0.1) is 0 Å². The summed E-state index contributed by atoms with van der Waals surface area (Å²) in [7, 11) is 1.43. The van der Waals surface area contributed by atoms with Gasteiger partial charge in [0.25, 0.3) is 5.91 Å². The molecule has 1 fully saturated rings. The molecule has 136 valence electrons. The van der Waals surface area contributed by atoms with E-state index in [9.17, 15) is 14.4 Å². The molecule has 1 heterocycles. The molecule has 0 spiro atoms. The summed E-state index contributed by atoms with van der Waals surface area (Å²) < 4.78 is 10.3. The minimum atomic E-state index is -0.563. The fraction of sp³-hybridized carbons (Fsp3) is 0.438. The van der Waals surface area contributed by atoms with Gasteiger partial charge in [-0.3, -0.25) is 25.2 Å². The van der Waals surface area contributed by atoms with Crippen molar-refractivity contribution in [3.8, 4) is 5.75 Å². The summed E-state index contributed by atoms with van der Waals surface area (Å²) in [5.74, 6) is -0.803. The minimum absolute atomic E-state index is 0.0247. The summed E-state index contributed by atoms with van der Waals surface area (Å²) in [5.41, 5.74) is 4.75. The third-order valence-corrected chi connectivity index (χ3v) is 3.89. The van der Waals surface area contributed by atoms with Crippen molar-refractivity contribution in [2.24, 2.45) is 0 Å². The van der Waals surface area contributed by atoms with E-state index in [0.29, 0.717) is 37.1 Å². The number of amides is 3. The van der Waals surface area contributed by atoms with E-state index in [-0.39, 0.29) is 24.3 Å². The number of ether oxygens (including phenoxy) is 2. The summed E-state index contributed by atoms with van der Waals surface area (Å²) in [6, 6.07) is 4.58. The van der Waals surface area contributed by atoms with E-state index in [4.69, 9.17) is 21.1 Å². The number of halogens is 1. The van der Waals surface area contributed by atoms with Gasteiger partial charge in [-0.25, -0.2) is 0 Å². The predicted octanol–water partition coefficient (Wildman–Crippen LogP) is 0.749. The minimum Gasteiger partial charge on any atom is -0.496 e. The maximum absolute atomic E-state index is 12.1. The molecule has 0 aliphatic carbocycles. The SMILES string of the molecule is COc1ccc(Cl)cc1C(=O)NNC(=O)CCC(=O)N1CCOCC1. The Morgan fingerprint density at radius 1 is 1.20 bits per heavy atom. The zero-order chi connectivity index (χ0) is 18.2. The second-order valence-electron chi connectivity index (χ2n) is 5.34. The number of morpholine rings is 1. The van der Waals surface area contributed by atoms with Gasteiger partial charge in [0.2, 0.25) is 11.8 Å². The van der Waals surface area contributed by atoms with Gasteiger partial charge in [-0.2, -0.15) is 0 Å². The molecule has 1 aliphatic rings. The van der Waals surface area contributed by atoms with Gasteiger partial charge in [-0.05, 0) is 18.2 Å². The number of hydrogen-bond acceptors (Lipinski definition) is 5. The third-order valence-electron chi connectivity index (χ3n) is 3.65. The van der Waals surface area contributed by atoms with Gasteiger partial charge in [0.1, 0.15) is 5.75 Å². The highest BCUT2D eigenvalue weighted by atomic mass is 35.5. The predicted molar refractivity (Wildman–Crippen MR) is 90.2 cm³/mol. The van der Waals surface area contributed by atoms with Gasteiger partial charge >= 0.3 is 0 Å². The van der Waals surface area contributed by atoms with Crippen LogP contribution in [0.5, 0.6) is 5.75 Å². The second kappa shape index (κ2) is 9.24. The normalized spacial score (nSPS) is 13.9. The lowest BCUT2D eigenvalue weighted by Gasteiger charge is -2.26. The smallest absolute Gasteiger partial charge is 0.273 e. The topological polar surface area (TPSA) is 97.0 Å². The lowest BCUT2D eigenvalue weighted by atomic mass is 10.2. The molecule has 2 rings (SSSR count). The Morgan fingerprint density at radius 2 is 1.92 bits per heavy atom. The van der Waals surface area contributed by atoms with E-state index < -0.39 is 11.8 Å². The quantitative estimate of drug-likeness (QED) is 0.746. The van der Waals surface area contributed by atoms with Crippen molar-refractivity contribution in [1.29, 1.82) is 0 Å². The summed E-state index contributed by atoms with van der Waals surface area (Å²) in [6.45, 7) is 2.09. The Kier molecular flexibility index (Phi) is 7.03. The molecule has 1 saturated heterocycles. The highest BCUT2D eigenvalue weighted by Gasteiger charge is 2.18. The molecule has 0 bridgehead atoms. The fourth-order valence-electron chi connectivity index (χ4n) is 2.31. The van der Waals surface area contributed by atoms with Crippen molar-refractivity contribution >= 4 is 29.3 Å². The fourth-order valence-corrected chi connectivity index (χ4v) is 2.48. The van der Waals surface area contributed by atoms with E-state index in [1.54, 1.807) is 17.0 Å². The van der Waals surface area contributed by atoms with Crippen LogP contribution >= 0.6 is 11.6 Å². The maximum atomic E-state index is 12.1. The lowest BCUT2D eigenvalue weighted by Crippen LogP contribution is -2.43. The van der Waals surface area contributed by atoms with Crippen molar-refractivity contribution in [2.45, 2.75) is 12.8 Å². The van der Waals surface area contributed by atoms with Gasteiger partial charge in [-0.1, -0.05) is 11.6 Å². The van der Waals surface area contributed by atoms with Crippen LogP contribution in [0.2, 0.25) is 5.02 Å². The van der Waals surface area contributed by atoms with E-state index in [1.165, 1.54) is 13.2 Å². The Morgan fingerprint density at radius 3 is 2.60 bits per heavy atom. The number of carbonyl (C=O) groups excluding carboxylic acids is 3. The number of hydrazine groups is 1. The molecule has 25 heavy (non-hydrogen) atoms. The standard InChI is InChI=1S/C16H20ClN3O5/c1-24-13-3-2-11(17)10-12(13)16(23)19-18-14(21)4-5-15(22)20-6-8-25-9-7-20/h2-3,10H,4-9H2,1H3,(H,18,21)(H,19,23). The molecule has 8 nitrogen and oxygen atoms in total. The molecular weight excluding hydrogens is 350 g/mol. The van der Waals surface area contributed by atoms with Crippen LogP contribution in [-0.4, -0.2) is 56.0 Å². The van der Waals surface area contributed by atoms with Gasteiger partial charge in [0.05, 0.1) is 25.9 Å². The molecule has 1 aromatic rings. The number of nitrogens with zero attached hydrogens (tertiary/aromatic N) is 1. The van der Waals surface area contributed by atoms with Gasteiger partial charge in [0.15, 0.2) is 0 Å². The lowest BCUT2D eigenvalue weighted by molar-refractivity contribution is -0.137. The van der Waals surface area contributed by atoms with E-state index in [2.05, 4.69) is 10.9 Å². The molecule has 0 atom stereocenters. The zero-order valence-electron chi connectivity index (χ0n) is 13.8. The van der Waals surface area contributed by atoms with E-state index >= 15 is 0 Å².